The molecule has 7 nitrogen and oxygen atoms in total. The lowest BCUT2D eigenvalue weighted by Crippen LogP contribution is -2.36. The van der Waals surface area contributed by atoms with Crippen LogP contribution in [0, 0.1) is 0 Å². The van der Waals surface area contributed by atoms with Gasteiger partial charge in [0, 0.05) is 12.6 Å². The van der Waals surface area contributed by atoms with E-state index in [2.05, 4.69) is 36.3 Å². The molecule has 2 aromatic rings. The Hall–Kier alpha value is -3.45. The third-order valence-electron chi connectivity index (χ3n) is 6.87. The van der Waals surface area contributed by atoms with Crippen molar-refractivity contribution in [1.29, 1.82) is 0 Å². The lowest BCUT2D eigenvalue weighted by Gasteiger charge is -2.14. The van der Waals surface area contributed by atoms with Gasteiger partial charge < -0.3 is 29.5 Å². The summed E-state index contributed by atoms with van der Waals surface area (Å²) in [7, 11) is 6.77. The first-order chi connectivity index (χ1) is 16.8. The highest BCUT2D eigenvalue weighted by molar-refractivity contribution is 6.04. The number of rotatable bonds is 8. The molecular weight excluding hydrogens is 444 g/mol. The zero-order valence-electron chi connectivity index (χ0n) is 21.1. The van der Waals surface area contributed by atoms with Crippen molar-refractivity contribution >= 4 is 17.1 Å². The number of carbonyl (C=O) groups is 1. The number of amides is 1. The van der Waals surface area contributed by atoms with Crippen molar-refractivity contribution < 1.29 is 24.1 Å². The van der Waals surface area contributed by atoms with E-state index in [0.29, 0.717) is 24.3 Å². The molecule has 0 radical (unpaired) electrons. The average molecular weight is 479 g/mol. The van der Waals surface area contributed by atoms with Crippen LogP contribution in [0.25, 0.3) is 11.1 Å². The lowest BCUT2D eigenvalue weighted by atomic mass is 10.00. The Kier molecular flexibility index (Phi) is 7.36. The van der Waals surface area contributed by atoms with Crippen molar-refractivity contribution in [3.05, 3.63) is 58.7 Å². The van der Waals surface area contributed by atoms with Crippen LogP contribution in [0.4, 0.5) is 0 Å². The molecule has 2 N–H and O–H groups in total. The molecule has 35 heavy (non-hydrogen) atoms. The van der Waals surface area contributed by atoms with Gasteiger partial charge in [0.25, 0.3) is 0 Å². The van der Waals surface area contributed by atoms with Crippen LogP contribution in [-0.4, -0.2) is 63.4 Å². The SMILES string of the molecule is COc1ccc2c(c1)C(CC(=O)NC1CCN(C)C1)=C(C)/C2=C/Cc1cc(OC)c(O)c(OC)c1. The average Bonchev–Trinajstić information content (AvgIpc) is 3.37. The fraction of sp³-hybridized carbons (Fsp3) is 0.393. The molecule has 0 aromatic heterocycles. The van der Waals surface area contributed by atoms with Gasteiger partial charge >= 0.3 is 0 Å². The highest BCUT2D eigenvalue weighted by atomic mass is 16.5. The Labute approximate surface area is 207 Å². The number of hydrogen-bond donors (Lipinski definition) is 2. The van der Waals surface area contributed by atoms with E-state index in [4.69, 9.17) is 14.2 Å². The maximum Gasteiger partial charge on any atom is 0.224 e. The Bertz CT molecular complexity index is 1160. The summed E-state index contributed by atoms with van der Waals surface area (Å²) in [6, 6.07) is 9.84. The van der Waals surface area contributed by atoms with Gasteiger partial charge in [0.1, 0.15) is 5.75 Å². The number of phenolic OH excluding ortho intramolecular Hbond substituents is 1. The molecule has 1 atom stereocenters. The number of allylic oxidation sites excluding steroid dienone is 3. The molecule has 1 saturated heterocycles. The van der Waals surface area contributed by atoms with Crippen LogP contribution < -0.4 is 19.5 Å². The number of ether oxygens (including phenoxy) is 3. The molecule has 1 amide bonds. The number of nitrogens with one attached hydrogen (secondary N) is 1. The van der Waals surface area contributed by atoms with Gasteiger partial charge in [-0.05, 0) is 91.0 Å². The third-order valence-corrected chi connectivity index (χ3v) is 6.87. The fourth-order valence-corrected chi connectivity index (χ4v) is 4.97. The van der Waals surface area contributed by atoms with Gasteiger partial charge in [-0.25, -0.2) is 0 Å². The second-order valence-electron chi connectivity index (χ2n) is 9.18. The maximum absolute atomic E-state index is 13.0. The van der Waals surface area contributed by atoms with Gasteiger partial charge in [-0.3, -0.25) is 4.79 Å². The van der Waals surface area contributed by atoms with Gasteiger partial charge in [-0.2, -0.15) is 0 Å². The summed E-state index contributed by atoms with van der Waals surface area (Å²) in [4.78, 5) is 15.2. The quantitative estimate of drug-likeness (QED) is 0.596. The summed E-state index contributed by atoms with van der Waals surface area (Å²) in [5.74, 6) is 1.54. The normalized spacial score (nSPS) is 18.7. The number of benzene rings is 2. The zero-order valence-corrected chi connectivity index (χ0v) is 21.1. The van der Waals surface area contributed by atoms with Crippen LogP contribution in [0.15, 0.2) is 42.0 Å². The first-order valence-electron chi connectivity index (χ1n) is 11.9. The largest absolute Gasteiger partial charge is 0.502 e. The molecule has 2 aliphatic rings. The molecule has 1 aliphatic carbocycles. The predicted molar refractivity (Wildman–Crippen MR) is 137 cm³/mol. The molecule has 7 heteroatoms. The second-order valence-corrected chi connectivity index (χ2v) is 9.18. The minimum absolute atomic E-state index is 0.0115. The molecule has 4 rings (SSSR count). The first kappa shape index (κ1) is 24.7. The van der Waals surface area contributed by atoms with Crippen molar-refractivity contribution in [3.63, 3.8) is 0 Å². The molecule has 0 bridgehead atoms. The summed E-state index contributed by atoms with van der Waals surface area (Å²) in [6.45, 7) is 3.97. The highest BCUT2D eigenvalue weighted by Gasteiger charge is 2.27. The van der Waals surface area contributed by atoms with Crippen LogP contribution in [0.3, 0.4) is 0 Å². The second kappa shape index (κ2) is 10.4. The Balaban J connectivity index is 1.64. The molecule has 1 heterocycles. The standard InChI is InChI=1S/C28H34N2O5/c1-17-21(8-6-18-12-25(34-4)28(32)26(13-18)35-5)22-9-7-20(33-3)14-24(22)23(17)15-27(31)29-19-10-11-30(2)16-19/h7-9,12-14,19,32H,6,10-11,15-16H2,1-5H3,(H,29,31)/b21-8-. The summed E-state index contributed by atoms with van der Waals surface area (Å²) < 4.78 is 16.1. The monoisotopic (exact) mass is 478 g/mol. The minimum atomic E-state index is -0.0115. The van der Waals surface area contributed by atoms with E-state index in [1.54, 1.807) is 7.11 Å². The van der Waals surface area contributed by atoms with Gasteiger partial charge in [-0.15, -0.1) is 0 Å². The lowest BCUT2D eigenvalue weighted by molar-refractivity contribution is -0.120. The minimum Gasteiger partial charge on any atom is -0.502 e. The number of aromatic hydroxyl groups is 1. The Morgan fingerprint density at radius 3 is 2.43 bits per heavy atom. The molecule has 1 aliphatic heterocycles. The summed E-state index contributed by atoms with van der Waals surface area (Å²) in [6.07, 6.45) is 4.07. The van der Waals surface area contributed by atoms with Crippen LogP contribution in [0.1, 0.15) is 36.5 Å². The molecular formula is C28H34N2O5. The van der Waals surface area contributed by atoms with Gasteiger partial charge in [0.05, 0.1) is 27.8 Å². The number of phenols is 1. The molecule has 1 fully saturated rings. The topological polar surface area (TPSA) is 80.3 Å². The molecule has 0 saturated carbocycles. The van der Waals surface area contributed by atoms with Crippen molar-refractivity contribution in [3.8, 4) is 23.0 Å². The van der Waals surface area contributed by atoms with E-state index < -0.39 is 0 Å². The maximum atomic E-state index is 13.0. The number of likely N-dealkylation sites (tertiary alicyclic amines) is 1. The summed E-state index contributed by atoms with van der Waals surface area (Å²) in [5.41, 5.74) is 6.28. The molecule has 0 spiro atoms. The molecule has 2 aromatic carbocycles. The van der Waals surface area contributed by atoms with E-state index in [1.165, 1.54) is 14.2 Å². The van der Waals surface area contributed by atoms with Gasteiger partial charge in [0.2, 0.25) is 11.7 Å². The number of nitrogens with zero attached hydrogens (tertiary/aromatic N) is 1. The Morgan fingerprint density at radius 1 is 1.11 bits per heavy atom. The van der Waals surface area contributed by atoms with E-state index >= 15 is 0 Å². The van der Waals surface area contributed by atoms with Crippen molar-refractivity contribution in [2.75, 3.05) is 41.5 Å². The van der Waals surface area contributed by atoms with E-state index in [-0.39, 0.29) is 17.7 Å². The number of fused-ring (bicyclic) bond motifs is 1. The molecule has 1 unspecified atom stereocenters. The van der Waals surface area contributed by atoms with E-state index in [9.17, 15) is 9.90 Å². The number of hydrogen-bond acceptors (Lipinski definition) is 6. The van der Waals surface area contributed by atoms with E-state index in [1.807, 2.05) is 24.3 Å². The summed E-state index contributed by atoms with van der Waals surface area (Å²) in [5, 5.41) is 13.4. The summed E-state index contributed by atoms with van der Waals surface area (Å²) >= 11 is 0. The smallest absolute Gasteiger partial charge is 0.224 e. The molecule has 186 valence electrons. The van der Waals surface area contributed by atoms with Crippen molar-refractivity contribution in [1.82, 2.24) is 10.2 Å². The van der Waals surface area contributed by atoms with Gasteiger partial charge in [-0.1, -0.05) is 12.1 Å². The van der Waals surface area contributed by atoms with Crippen LogP contribution in [0.5, 0.6) is 23.0 Å². The van der Waals surface area contributed by atoms with E-state index in [0.717, 1.165) is 58.7 Å². The van der Waals surface area contributed by atoms with Crippen molar-refractivity contribution in [2.45, 2.75) is 32.2 Å². The zero-order chi connectivity index (χ0) is 25.1. The number of likely N-dealkylation sites (N-methyl/N-ethyl adjacent to an activating group) is 1. The third kappa shape index (κ3) is 5.15. The van der Waals surface area contributed by atoms with Crippen LogP contribution >= 0.6 is 0 Å². The van der Waals surface area contributed by atoms with Crippen molar-refractivity contribution in [2.24, 2.45) is 0 Å². The Morgan fingerprint density at radius 2 is 1.83 bits per heavy atom. The first-order valence-corrected chi connectivity index (χ1v) is 11.9. The highest BCUT2D eigenvalue weighted by Crippen LogP contribution is 2.44. The fourth-order valence-electron chi connectivity index (χ4n) is 4.97. The number of methoxy groups -OCH3 is 3. The number of carbonyl (C=O) groups excluding carboxylic acids is 1. The predicted octanol–water partition coefficient (Wildman–Crippen LogP) is 4.04. The van der Waals surface area contributed by atoms with Crippen LogP contribution in [-0.2, 0) is 11.2 Å². The van der Waals surface area contributed by atoms with Crippen LogP contribution in [0.2, 0.25) is 0 Å². The van der Waals surface area contributed by atoms with Gasteiger partial charge in [0.15, 0.2) is 11.5 Å².